The molecule has 0 aliphatic carbocycles. The van der Waals surface area contributed by atoms with Gasteiger partial charge in [0.05, 0.1) is 6.26 Å². The van der Waals surface area contributed by atoms with E-state index < -0.39 is 0 Å². The number of fused-ring (bicyclic) bond motifs is 2. The van der Waals surface area contributed by atoms with Gasteiger partial charge in [0, 0.05) is 10.8 Å². The minimum absolute atomic E-state index is 0.853. The minimum atomic E-state index is 0.853. The van der Waals surface area contributed by atoms with E-state index in [-0.39, 0.29) is 0 Å². The van der Waals surface area contributed by atoms with Gasteiger partial charge in [0.15, 0.2) is 0 Å². The molecule has 0 bridgehead atoms. The molecule has 0 radical (unpaired) electrons. The Morgan fingerprint density at radius 3 is 2.76 bits per heavy atom. The van der Waals surface area contributed by atoms with E-state index in [2.05, 4.69) is 0 Å². The molecule has 0 saturated heterocycles. The van der Waals surface area contributed by atoms with Gasteiger partial charge in [-0.1, -0.05) is 18.2 Å². The van der Waals surface area contributed by atoms with Crippen LogP contribution in [-0.2, 0) is 0 Å². The Morgan fingerprint density at radius 1 is 1.00 bits per heavy atom. The maximum absolute atomic E-state index is 5.73. The molecule has 2 aromatic heterocycles. The molecule has 84 valence electrons. The number of rotatable bonds is 2. The summed E-state index contributed by atoms with van der Waals surface area (Å²) in [5, 5.41) is 2.13. The highest BCUT2D eigenvalue weighted by atomic mass is 16.3. The first kappa shape index (κ1) is 9.97. The highest BCUT2D eigenvalue weighted by Crippen LogP contribution is 2.26. The van der Waals surface area contributed by atoms with Crippen molar-refractivity contribution in [3.05, 3.63) is 54.5 Å². The van der Waals surface area contributed by atoms with Crippen LogP contribution < -0.4 is 0 Å². The highest BCUT2D eigenvalue weighted by molar-refractivity contribution is 5.94. The molecule has 0 aliphatic rings. The molecule has 0 atom stereocenters. The van der Waals surface area contributed by atoms with E-state index >= 15 is 0 Å². The summed E-state index contributed by atoms with van der Waals surface area (Å²) in [4.78, 5) is 0. The third kappa shape index (κ3) is 1.78. The van der Waals surface area contributed by atoms with Gasteiger partial charge in [-0.3, -0.25) is 0 Å². The van der Waals surface area contributed by atoms with Gasteiger partial charge in [-0.25, -0.2) is 0 Å². The first-order valence-electron chi connectivity index (χ1n) is 5.57. The Kier molecular flexibility index (Phi) is 2.33. The molecule has 17 heavy (non-hydrogen) atoms. The number of benzene rings is 1. The summed E-state index contributed by atoms with van der Waals surface area (Å²) in [7, 11) is 0. The van der Waals surface area contributed by atoms with Gasteiger partial charge in [-0.2, -0.15) is 0 Å². The van der Waals surface area contributed by atoms with Crippen LogP contribution in [0.2, 0.25) is 0 Å². The smallest absolute Gasteiger partial charge is 0.135 e. The van der Waals surface area contributed by atoms with Crippen molar-refractivity contribution in [3.63, 3.8) is 0 Å². The van der Waals surface area contributed by atoms with Crippen LogP contribution in [0.4, 0.5) is 0 Å². The average molecular weight is 224 g/mol. The van der Waals surface area contributed by atoms with Crippen LogP contribution in [-0.4, -0.2) is 0 Å². The van der Waals surface area contributed by atoms with E-state index in [0.29, 0.717) is 0 Å². The van der Waals surface area contributed by atoms with Crippen molar-refractivity contribution in [2.75, 3.05) is 0 Å². The first-order chi connectivity index (χ1) is 8.36. The van der Waals surface area contributed by atoms with Crippen LogP contribution >= 0.6 is 0 Å². The van der Waals surface area contributed by atoms with Gasteiger partial charge in [0.1, 0.15) is 16.9 Å². The first-order valence-corrected chi connectivity index (χ1v) is 5.57. The predicted octanol–water partition coefficient (Wildman–Crippen LogP) is 4.77. The van der Waals surface area contributed by atoms with E-state index in [1.54, 1.807) is 6.26 Å². The molecule has 1 aromatic carbocycles. The Labute approximate surface area is 98.8 Å². The molecule has 2 heteroatoms. The molecular formula is C15H12O2. The second kappa shape index (κ2) is 3.98. The van der Waals surface area contributed by atoms with Crippen LogP contribution in [0.1, 0.15) is 12.7 Å². The van der Waals surface area contributed by atoms with Crippen LogP contribution in [0.3, 0.4) is 0 Å². The monoisotopic (exact) mass is 224 g/mol. The molecule has 3 aromatic rings. The maximum Gasteiger partial charge on any atom is 0.135 e. The summed E-state index contributed by atoms with van der Waals surface area (Å²) < 4.78 is 11.1. The van der Waals surface area contributed by atoms with Gasteiger partial charge in [0.25, 0.3) is 0 Å². The van der Waals surface area contributed by atoms with Crippen LogP contribution in [0, 0.1) is 0 Å². The van der Waals surface area contributed by atoms with Crippen molar-refractivity contribution >= 4 is 28.0 Å². The summed E-state index contributed by atoms with van der Waals surface area (Å²) in [6.07, 6.45) is 9.55. The highest BCUT2D eigenvalue weighted by Gasteiger charge is 2.04. The summed E-state index contributed by atoms with van der Waals surface area (Å²) in [5.74, 6) is 0.853. The average Bonchev–Trinajstić information content (AvgIpc) is 2.90. The number of hydrogen-bond donors (Lipinski definition) is 0. The van der Waals surface area contributed by atoms with Crippen molar-refractivity contribution in [1.29, 1.82) is 0 Å². The van der Waals surface area contributed by atoms with Crippen molar-refractivity contribution in [2.45, 2.75) is 6.92 Å². The summed E-state index contributed by atoms with van der Waals surface area (Å²) in [6.45, 7) is 1.98. The fourth-order valence-corrected chi connectivity index (χ4v) is 1.86. The molecule has 0 saturated carbocycles. The zero-order valence-corrected chi connectivity index (χ0v) is 9.51. The lowest BCUT2D eigenvalue weighted by molar-refractivity contribution is 0.603. The van der Waals surface area contributed by atoms with Crippen molar-refractivity contribution in [1.82, 2.24) is 0 Å². The number of allylic oxidation sites excluding steroid dienone is 3. The normalized spacial score (nSPS) is 12.5. The zero-order chi connectivity index (χ0) is 11.7. The van der Waals surface area contributed by atoms with E-state index in [0.717, 1.165) is 27.7 Å². The molecule has 0 aliphatic heterocycles. The van der Waals surface area contributed by atoms with Gasteiger partial charge in [0.2, 0.25) is 0 Å². The lowest BCUT2D eigenvalue weighted by Gasteiger charge is -1.88. The topological polar surface area (TPSA) is 26.3 Å². The fraction of sp³-hybridized carbons (Fsp3) is 0.0667. The van der Waals surface area contributed by atoms with E-state index in [1.165, 1.54) is 0 Å². The Morgan fingerprint density at radius 2 is 1.88 bits per heavy atom. The SMILES string of the molecule is C/C=C/C=C/c1cc2cc3occc3cc2o1. The molecule has 0 spiro atoms. The van der Waals surface area contributed by atoms with Gasteiger partial charge in [-0.15, -0.1) is 0 Å². The van der Waals surface area contributed by atoms with Gasteiger partial charge in [-0.05, 0) is 37.3 Å². The van der Waals surface area contributed by atoms with E-state index in [4.69, 9.17) is 8.83 Å². The molecule has 0 N–H and O–H groups in total. The zero-order valence-electron chi connectivity index (χ0n) is 9.51. The molecule has 0 amide bonds. The Balaban J connectivity index is 2.11. The van der Waals surface area contributed by atoms with Crippen LogP contribution in [0.5, 0.6) is 0 Å². The second-order valence-electron chi connectivity index (χ2n) is 3.88. The summed E-state index contributed by atoms with van der Waals surface area (Å²) in [5.41, 5.74) is 1.78. The minimum Gasteiger partial charge on any atom is -0.464 e. The number of hydrogen-bond acceptors (Lipinski definition) is 2. The molecular weight excluding hydrogens is 212 g/mol. The predicted molar refractivity (Wildman–Crippen MR) is 69.8 cm³/mol. The summed E-state index contributed by atoms with van der Waals surface area (Å²) in [6, 6.07) is 7.95. The van der Waals surface area contributed by atoms with Gasteiger partial charge < -0.3 is 8.83 Å². The van der Waals surface area contributed by atoms with E-state index in [1.807, 2.05) is 55.5 Å². The van der Waals surface area contributed by atoms with Crippen molar-refractivity contribution in [3.8, 4) is 0 Å². The Hall–Kier alpha value is -2.22. The van der Waals surface area contributed by atoms with E-state index in [9.17, 15) is 0 Å². The standard InChI is InChI=1S/C15H12O2/c1-2-3-4-5-13-8-12-10-14-11(6-7-16-14)9-15(12)17-13/h2-10H,1H3/b3-2+,5-4+. The molecule has 3 rings (SSSR count). The van der Waals surface area contributed by atoms with Crippen LogP contribution in [0.15, 0.2) is 57.6 Å². The largest absolute Gasteiger partial charge is 0.464 e. The van der Waals surface area contributed by atoms with Crippen molar-refractivity contribution < 1.29 is 8.83 Å². The van der Waals surface area contributed by atoms with Crippen molar-refractivity contribution in [2.24, 2.45) is 0 Å². The number of furan rings is 2. The fourth-order valence-electron chi connectivity index (χ4n) is 1.86. The molecule has 0 fully saturated rings. The Bertz CT molecular complexity index is 663. The lowest BCUT2D eigenvalue weighted by Crippen LogP contribution is -1.63. The molecule has 0 unspecified atom stereocenters. The van der Waals surface area contributed by atoms with Gasteiger partial charge >= 0.3 is 0 Å². The molecule has 2 heterocycles. The second-order valence-corrected chi connectivity index (χ2v) is 3.88. The summed E-state index contributed by atoms with van der Waals surface area (Å²) >= 11 is 0. The lowest BCUT2D eigenvalue weighted by atomic mass is 10.2. The maximum atomic E-state index is 5.73. The van der Waals surface area contributed by atoms with Crippen LogP contribution in [0.25, 0.3) is 28.0 Å². The third-order valence-corrected chi connectivity index (χ3v) is 2.67. The quantitative estimate of drug-likeness (QED) is 0.586. The molecule has 2 nitrogen and oxygen atoms in total. The third-order valence-electron chi connectivity index (χ3n) is 2.67.